The third-order valence-corrected chi connectivity index (χ3v) is 3.75. The van der Waals surface area contributed by atoms with Crippen LogP contribution < -0.4 is 15.4 Å². The molecule has 9 nitrogen and oxygen atoms in total. The zero-order valence-corrected chi connectivity index (χ0v) is 16.0. The number of hydrogen-bond donors (Lipinski definition) is 2. The molecule has 0 fully saturated rings. The molecule has 1 heterocycles. The van der Waals surface area contributed by atoms with Gasteiger partial charge >= 0.3 is 18.4 Å². The van der Waals surface area contributed by atoms with Gasteiger partial charge in [0.2, 0.25) is 11.9 Å². The summed E-state index contributed by atoms with van der Waals surface area (Å²) in [5, 5.41) is 15.9. The molecular formula is C16H16F6N6O3. The number of benzene rings is 1. The SMILES string of the molecule is CC[C@@H](C)Nc1nc(Nc2ccc([N+](=O)[O-])cc2)nc(OC(C(F)(F)F)C(F)(F)F)n1. The molecule has 0 amide bonds. The zero-order valence-electron chi connectivity index (χ0n) is 16.0. The van der Waals surface area contributed by atoms with Crippen LogP contribution in [0.1, 0.15) is 20.3 Å². The van der Waals surface area contributed by atoms with Gasteiger partial charge in [0.05, 0.1) is 4.92 Å². The molecule has 170 valence electrons. The maximum atomic E-state index is 12.8. The number of rotatable bonds is 8. The van der Waals surface area contributed by atoms with Gasteiger partial charge in [-0.25, -0.2) is 0 Å². The van der Waals surface area contributed by atoms with Gasteiger partial charge in [0.15, 0.2) is 0 Å². The number of non-ortho nitro benzene ring substituents is 1. The monoisotopic (exact) mass is 454 g/mol. The van der Waals surface area contributed by atoms with Crippen LogP contribution in [-0.2, 0) is 0 Å². The summed E-state index contributed by atoms with van der Waals surface area (Å²) >= 11 is 0. The number of nitro groups is 1. The van der Waals surface area contributed by atoms with Gasteiger partial charge in [0.1, 0.15) is 0 Å². The largest absolute Gasteiger partial charge is 0.440 e. The lowest BCUT2D eigenvalue weighted by atomic mass is 10.3. The van der Waals surface area contributed by atoms with E-state index < -0.39 is 35.3 Å². The Balaban J connectivity index is 2.39. The Kier molecular flexibility index (Phi) is 7.07. The highest BCUT2D eigenvalue weighted by atomic mass is 19.4. The van der Waals surface area contributed by atoms with Crippen molar-refractivity contribution in [2.45, 2.75) is 44.8 Å². The number of alkyl halides is 6. The quantitative estimate of drug-likeness (QED) is 0.338. The molecule has 0 saturated carbocycles. The summed E-state index contributed by atoms with van der Waals surface area (Å²) < 4.78 is 80.9. The summed E-state index contributed by atoms with van der Waals surface area (Å²) in [6.07, 6.45) is -15.1. The van der Waals surface area contributed by atoms with Crippen LogP contribution in [0.4, 0.5) is 49.6 Å². The molecule has 2 N–H and O–H groups in total. The molecule has 0 bridgehead atoms. The molecule has 0 saturated heterocycles. The minimum atomic E-state index is -5.76. The van der Waals surface area contributed by atoms with Crippen LogP contribution in [-0.4, -0.2) is 44.4 Å². The first kappa shape index (κ1) is 23.9. The molecule has 0 aliphatic carbocycles. The van der Waals surface area contributed by atoms with Crippen LogP contribution in [0.5, 0.6) is 6.01 Å². The molecule has 1 aromatic heterocycles. The molecule has 0 aliphatic heterocycles. The fourth-order valence-corrected chi connectivity index (χ4v) is 2.07. The standard InChI is InChI=1S/C16H16F6N6O3/c1-3-8(2)23-12-25-13(24-9-4-6-10(7-5-9)28(29)30)27-14(26-12)31-11(15(17,18)19)16(20,21)22/h4-8,11H,3H2,1-2H3,(H2,23,24,25,26,27)/t8-/m1/s1. The fourth-order valence-electron chi connectivity index (χ4n) is 2.07. The predicted molar refractivity (Wildman–Crippen MR) is 96.1 cm³/mol. The minimum absolute atomic E-state index is 0.181. The van der Waals surface area contributed by atoms with Gasteiger partial charge < -0.3 is 15.4 Å². The van der Waals surface area contributed by atoms with Gasteiger partial charge in [-0.2, -0.15) is 41.3 Å². The Morgan fingerprint density at radius 3 is 2.06 bits per heavy atom. The molecule has 31 heavy (non-hydrogen) atoms. The normalized spacial score (nSPS) is 13.1. The van der Waals surface area contributed by atoms with Crippen molar-refractivity contribution in [3.63, 3.8) is 0 Å². The Labute approximate surface area is 171 Å². The molecule has 0 unspecified atom stereocenters. The number of nitro benzene ring substituents is 1. The highest BCUT2D eigenvalue weighted by Gasteiger charge is 2.59. The second kappa shape index (κ2) is 9.18. The van der Waals surface area contributed by atoms with Crippen molar-refractivity contribution in [3.8, 4) is 6.01 Å². The first-order chi connectivity index (χ1) is 14.3. The van der Waals surface area contributed by atoms with Crippen molar-refractivity contribution in [1.82, 2.24) is 15.0 Å². The minimum Gasteiger partial charge on any atom is -0.440 e. The summed E-state index contributed by atoms with van der Waals surface area (Å²) in [5.41, 5.74) is -0.0528. The third-order valence-electron chi connectivity index (χ3n) is 3.75. The highest BCUT2D eigenvalue weighted by Crippen LogP contribution is 2.36. The molecule has 1 aromatic carbocycles. The lowest BCUT2D eigenvalue weighted by Crippen LogP contribution is -2.47. The smallest absolute Gasteiger partial charge is 0.434 e. The van der Waals surface area contributed by atoms with E-state index in [0.717, 1.165) is 12.1 Å². The van der Waals surface area contributed by atoms with E-state index in [9.17, 15) is 36.5 Å². The van der Waals surface area contributed by atoms with Crippen LogP contribution in [0.2, 0.25) is 0 Å². The number of anilines is 3. The van der Waals surface area contributed by atoms with Crippen molar-refractivity contribution >= 4 is 23.3 Å². The van der Waals surface area contributed by atoms with Gasteiger partial charge in [0.25, 0.3) is 11.8 Å². The van der Waals surface area contributed by atoms with Gasteiger partial charge in [-0.05, 0) is 25.5 Å². The van der Waals surface area contributed by atoms with Crippen LogP contribution in [0, 0.1) is 10.1 Å². The average molecular weight is 454 g/mol. The van der Waals surface area contributed by atoms with Crippen LogP contribution in [0.3, 0.4) is 0 Å². The van der Waals surface area contributed by atoms with Crippen LogP contribution in [0.15, 0.2) is 24.3 Å². The molecule has 0 aliphatic rings. The number of nitrogens with one attached hydrogen (secondary N) is 2. The fraction of sp³-hybridized carbons (Fsp3) is 0.438. The van der Waals surface area contributed by atoms with Crippen molar-refractivity contribution in [2.75, 3.05) is 10.6 Å². The van der Waals surface area contributed by atoms with Gasteiger partial charge in [-0.3, -0.25) is 10.1 Å². The van der Waals surface area contributed by atoms with Crippen LogP contribution >= 0.6 is 0 Å². The second-order valence-corrected chi connectivity index (χ2v) is 6.23. The molecule has 2 rings (SSSR count). The predicted octanol–water partition coefficient (Wildman–Crippen LogP) is 4.61. The van der Waals surface area contributed by atoms with E-state index >= 15 is 0 Å². The number of aromatic nitrogens is 3. The van der Waals surface area contributed by atoms with E-state index in [0.29, 0.717) is 6.42 Å². The van der Waals surface area contributed by atoms with Crippen molar-refractivity contribution in [2.24, 2.45) is 0 Å². The Morgan fingerprint density at radius 2 is 1.58 bits per heavy atom. The maximum absolute atomic E-state index is 12.8. The van der Waals surface area contributed by atoms with E-state index in [1.165, 1.54) is 12.1 Å². The first-order valence-electron chi connectivity index (χ1n) is 8.63. The van der Waals surface area contributed by atoms with E-state index in [1.807, 2.05) is 0 Å². The number of halogens is 6. The van der Waals surface area contributed by atoms with E-state index in [-0.39, 0.29) is 23.4 Å². The first-order valence-corrected chi connectivity index (χ1v) is 8.63. The van der Waals surface area contributed by atoms with Crippen LogP contribution in [0.25, 0.3) is 0 Å². The van der Waals surface area contributed by atoms with E-state index in [4.69, 9.17) is 0 Å². The molecule has 0 radical (unpaired) electrons. The van der Waals surface area contributed by atoms with E-state index in [2.05, 4.69) is 30.3 Å². The van der Waals surface area contributed by atoms with Crippen molar-refractivity contribution in [3.05, 3.63) is 34.4 Å². The van der Waals surface area contributed by atoms with Crippen molar-refractivity contribution < 1.29 is 36.0 Å². The van der Waals surface area contributed by atoms with Crippen molar-refractivity contribution in [1.29, 1.82) is 0 Å². The molecule has 15 heteroatoms. The molecular weight excluding hydrogens is 438 g/mol. The average Bonchev–Trinajstić information content (AvgIpc) is 2.64. The van der Waals surface area contributed by atoms with E-state index in [1.54, 1.807) is 13.8 Å². The third kappa shape index (κ3) is 6.82. The molecule has 2 aromatic rings. The summed E-state index contributed by atoms with van der Waals surface area (Å²) in [6.45, 7) is 3.46. The Hall–Kier alpha value is -3.39. The Bertz CT molecular complexity index is 892. The zero-order chi connectivity index (χ0) is 23.4. The highest BCUT2D eigenvalue weighted by molar-refractivity contribution is 5.56. The van der Waals surface area contributed by atoms with Gasteiger partial charge in [0, 0.05) is 23.9 Å². The summed E-state index contributed by atoms with van der Waals surface area (Å²) in [7, 11) is 0. The summed E-state index contributed by atoms with van der Waals surface area (Å²) in [5.74, 6) is -0.764. The number of hydrogen-bond acceptors (Lipinski definition) is 8. The number of nitrogens with zero attached hydrogens (tertiary/aromatic N) is 4. The number of ether oxygens (including phenoxy) is 1. The lowest BCUT2D eigenvalue weighted by molar-refractivity contribution is -0.384. The summed E-state index contributed by atoms with van der Waals surface area (Å²) in [6, 6.07) is 3.26. The lowest BCUT2D eigenvalue weighted by Gasteiger charge is -2.23. The van der Waals surface area contributed by atoms with Gasteiger partial charge in [-0.15, -0.1) is 0 Å². The second-order valence-electron chi connectivity index (χ2n) is 6.23. The van der Waals surface area contributed by atoms with Gasteiger partial charge in [-0.1, -0.05) is 6.92 Å². The molecule has 0 spiro atoms. The molecule has 1 atom stereocenters. The Morgan fingerprint density at radius 1 is 1.03 bits per heavy atom. The summed E-state index contributed by atoms with van der Waals surface area (Å²) in [4.78, 5) is 20.9. The maximum Gasteiger partial charge on any atom is 0.434 e. The topological polar surface area (TPSA) is 115 Å².